The van der Waals surface area contributed by atoms with Gasteiger partial charge in [-0.25, -0.2) is 0 Å². The number of carbonyl (C=O) groups is 1. The fourth-order valence-corrected chi connectivity index (χ4v) is 3.61. The van der Waals surface area contributed by atoms with Gasteiger partial charge in [-0.2, -0.15) is 26.3 Å². The van der Waals surface area contributed by atoms with E-state index in [-0.39, 0.29) is 37.3 Å². The first-order valence-corrected chi connectivity index (χ1v) is 9.47. The Bertz CT molecular complexity index is 914. The molecule has 1 heterocycles. The Labute approximate surface area is 174 Å². The zero-order chi connectivity index (χ0) is 22.8. The zero-order valence-electron chi connectivity index (χ0n) is 16.2. The molecule has 10 heteroatoms. The summed E-state index contributed by atoms with van der Waals surface area (Å²) in [5.74, 6) is -2.14. The minimum atomic E-state index is -5.19. The summed E-state index contributed by atoms with van der Waals surface area (Å²) in [4.78, 5) is 12.6. The molecular formula is C21H20F6N2O2. The number of hydrogen-bond acceptors (Lipinski definition) is 3. The molecule has 2 aromatic carbocycles. The monoisotopic (exact) mass is 446 g/mol. The molecular weight excluding hydrogens is 426 g/mol. The van der Waals surface area contributed by atoms with E-state index in [1.807, 2.05) is 30.3 Å². The zero-order valence-corrected chi connectivity index (χ0v) is 16.2. The normalized spacial score (nSPS) is 19.3. The van der Waals surface area contributed by atoms with E-state index in [2.05, 4.69) is 0 Å². The highest BCUT2D eigenvalue weighted by molar-refractivity contribution is 5.99. The van der Waals surface area contributed by atoms with Crippen molar-refractivity contribution in [3.05, 3.63) is 65.2 Å². The number of fused-ring (bicyclic) bond motifs is 1. The Morgan fingerprint density at radius 1 is 1.06 bits per heavy atom. The molecule has 2 N–H and O–H groups in total. The number of hydrogen-bond donors (Lipinski definition) is 1. The Morgan fingerprint density at radius 3 is 2.35 bits per heavy atom. The number of benzene rings is 2. The molecule has 1 aliphatic rings. The Hall–Kier alpha value is -2.59. The lowest BCUT2D eigenvalue weighted by atomic mass is 9.88. The number of alkyl halides is 6. The summed E-state index contributed by atoms with van der Waals surface area (Å²) in [5.41, 5.74) is 5.42. The van der Waals surface area contributed by atoms with E-state index < -0.39 is 35.9 Å². The summed E-state index contributed by atoms with van der Waals surface area (Å²) < 4.78 is 84.3. The fourth-order valence-electron chi connectivity index (χ4n) is 3.61. The van der Waals surface area contributed by atoms with Crippen LogP contribution < -0.4 is 10.6 Å². The Balaban J connectivity index is 1.83. The van der Waals surface area contributed by atoms with E-state index in [1.54, 1.807) is 0 Å². The van der Waals surface area contributed by atoms with Gasteiger partial charge in [0.1, 0.15) is 0 Å². The maximum absolute atomic E-state index is 13.2. The van der Waals surface area contributed by atoms with E-state index in [1.165, 1.54) is 0 Å². The van der Waals surface area contributed by atoms with Gasteiger partial charge >= 0.3 is 18.3 Å². The minimum absolute atomic E-state index is 0.0445. The first-order valence-electron chi connectivity index (χ1n) is 9.47. The molecule has 0 spiro atoms. The van der Waals surface area contributed by atoms with E-state index in [0.29, 0.717) is 17.0 Å². The van der Waals surface area contributed by atoms with Crippen LogP contribution in [-0.2, 0) is 22.3 Å². The summed E-state index contributed by atoms with van der Waals surface area (Å²) in [5, 5.41) is 0. The van der Waals surface area contributed by atoms with Gasteiger partial charge in [0.25, 0.3) is 0 Å². The quantitative estimate of drug-likeness (QED) is 0.521. The maximum atomic E-state index is 13.2. The van der Waals surface area contributed by atoms with Gasteiger partial charge < -0.3 is 15.4 Å². The first-order chi connectivity index (χ1) is 14.5. The molecule has 0 saturated heterocycles. The van der Waals surface area contributed by atoms with Crippen molar-refractivity contribution in [1.29, 1.82) is 0 Å². The SMILES string of the molecule is NC1CC(CCOCc2ccccc2)N(C(=O)C(F)(F)F)c2ccc(C(F)(F)F)cc21. The van der Waals surface area contributed by atoms with E-state index in [0.717, 1.165) is 11.6 Å². The summed E-state index contributed by atoms with van der Waals surface area (Å²) >= 11 is 0. The average molecular weight is 446 g/mol. The molecule has 168 valence electrons. The Kier molecular flexibility index (Phi) is 6.61. The predicted molar refractivity (Wildman–Crippen MR) is 101 cm³/mol. The molecule has 3 rings (SSSR count). The third kappa shape index (κ3) is 5.37. The third-order valence-corrected chi connectivity index (χ3v) is 5.07. The molecule has 0 aromatic heterocycles. The Morgan fingerprint density at radius 2 is 1.74 bits per heavy atom. The number of halogens is 6. The molecule has 1 aliphatic heterocycles. The van der Waals surface area contributed by atoms with Gasteiger partial charge in [-0.15, -0.1) is 0 Å². The van der Waals surface area contributed by atoms with Crippen LogP contribution in [0.1, 0.15) is 35.6 Å². The average Bonchev–Trinajstić information content (AvgIpc) is 2.70. The van der Waals surface area contributed by atoms with Crippen LogP contribution in [0.25, 0.3) is 0 Å². The lowest BCUT2D eigenvalue weighted by molar-refractivity contribution is -0.171. The van der Waals surface area contributed by atoms with Gasteiger partial charge in [-0.1, -0.05) is 30.3 Å². The van der Waals surface area contributed by atoms with Crippen molar-refractivity contribution in [2.45, 2.75) is 43.9 Å². The van der Waals surface area contributed by atoms with Crippen molar-refractivity contribution in [1.82, 2.24) is 0 Å². The lowest BCUT2D eigenvalue weighted by Gasteiger charge is -2.40. The van der Waals surface area contributed by atoms with Crippen LogP contribution in [0, 0.1) is 0 Å². The molecule has 2 aromatic rings. The highest BCUT2D eigenvalue weighted by Gasteiger charge is 2.48. The van der Waals surface area contributed by atoms with Crippen molar-refractivity contribution in [3.8, 4) is 0 Å². The maximum Gasteiger partial charge on any atom is 0.471 e. The standard InChI is InChI=1S/C21H20F6N2O2/c22-20(23,24)14-6-7-18-16(10-14)17(28)11-15(29(18)19(30)21(25,26)27)8-9-31-12-13-4-2-1-3-5-13/h1-7,10,15,17H,8-9,11-12,28H2. The molecule has 0 fully saturated rings. The molecule has 1 amide bonds. The van der Waals surface area contributed by atoms with Gasteiger partial charge in [0.15, 0.2) is 0 Å². The van der Waals surface area contributed by atoms with Gasteiger partial charge in [0.05, 0.1) is 12.2 Å². The van der Waals surface area contributed by atoms with Crippen LogP contribution in [0.5, 0.6) is 0 Å². The summed E-state index contributed by atoms with van der Waals surface area (Å²) in [6.07, 6.45) is -9.95. The van der Waals surface area contributed by atoms with Crippen molar-refractivity contribution in [3.63, 3.8) is 0 Å². The third-order valence-electron chi connectivity index (χ3n) is 5.07. The second kappa shape index (κ2) is 8.88. The number of nitrogens with two attached hydrogens (primary N) is 1. The smallest absolute Gasteiger partial charge is 0.377 e. The summed E-state index contributed by atoms with van der Waals surface area (Å²) in [6, 6.07) is 9.42. The second-order valence-corrected chi connectivity index (χ2v) is 7.27. The van der Waals surface area contributed by atoms with Gasteiger partial charge in [-0.3, -0.25) is 4.79 Å². The number of ether oxygens (including phenoxy) is 1. The number of amides is 1. The molecule has 31 heavy (non-hydrogen) atoms. The highest BCUT2D eigenvalue weighted by Crippen LogP contribution is 2.42. The minimum Gasteiger partial charge on any atom is -0.377 e. The number of carbonyl (C=O) groups excluding carboxylic acids is 1. The predicted octanol–water partition coefficient (Wildman–Crippen LogP) is 4.98. The molecule has 2 unspecified atom stereocenters. The number of nitrogens with zero attached hydrogens (tertiary/aromatic N) is 1. The number of rotatable bonds is 5. The molecule has 2 atom stereocenters. The van der Waals surface area contributed by atoms with Gasteiger partial charge in [0, 0.05) is 24.4 Å². The molecule has 0 aliphatic carbocycles. The van der Waals surface area contributed by atoms with E-state index >= 15 is 0 Å². The van der Waals surface area contributed by atoms with E-state index in [4.69, 9.17) is 10.5 Å². The van der Waals surface area contributed by atoms with Crippen LogP contribution in [0.3, 0.4) is 0 Å². The van der Waals surface area contributed by atoms with Crippen molar-refractivity contribution >= 4 is 11.6 Å². The first kappa shape index (κ1) is 23.1. The van der Waals surface area contributed by atoms with Crippen LogP contribution in [0.4, 0.5) is 32.0 Å². The highest BCUT2D eigenvalue weighted by atomic mass is 19.4. The molecule has 0 radical (unpaired) electrons. The molecule has 0 bridgehead atoms. The van der Waals surface area contributed by atoms with Crippen LogP contribution in [0.2, 0.25) is 0 Å². The van der Waals surface area contributed by atoms with Gasteiger partial charge in [0.2, 0.25) is 0 Å². The summed E-state index contributed by atoms with van der Waals surface area (Å²) in [6.45, 7) is 0.280. The van der Waals surface area contributed by atoms with E-state index in [9.17, 15) is 31.1 Å². The van der Waals surface area contributed by atoms with Crippen molar-refractivity contribution in [2.75, 3.05) is 11.5 Å². The van der Waals surface area contributed by atoms with Gasteiger partial charge in [-0.05, 0) is 42.2 Å². The molecule has 0 saturated carbocycles. The largest absolute Gasteiger partial charge is 0.471 e. The molecule has 4 nitrogen and oxygen atoms in total. The van der Waals surface area contributed by atoms with Crippen molar-refractivity contribution < 1.29 is 35.9 Å². The summed E-state index contributed by atoms with van der Waals surface area (Å²) in [7, 11) is 0. The number of anilines is 1. The van der Waals surface area contributed by atoms with Crippen LogP contribution in [-0.4, -0.2) is 24.7 Å². The van der Waals surface area contributed by atoms with Crippen molar-refractivity contribution in [2.24, 2.45) is 5.73 Å². The van der Waals surface area contributed by atoms with Crippen LogP contribution in [0.15, 0.2) is 48.5 Å². The topological polar surface area (TPSA) is 55.6 Å². The fraction of sp³-hybridized carbons (Fsp3) is 0.381. The second-order valence-electron chi connectivity index (χ2n) is 7.27. The van der Waals surface area contributed by atoms with Crippen LogP contribution >= 0.6 is 0 Å². The lowest BCUT2D eigenvalue weighted by Crippen LogP contribution is -2.51.